The second-order valence-corrected chi connectivity index (χ2v) is 7.36. The number of carbonyl (C=O) groups is 1. The lowest BCUT2D eigenvalue weighted by atomic mass is 10.2. The Labute approximate surface area is 138 Å². The van der Waals surface area contributed by atoms with Crippen LogP contribution in [-0.2, 0) is 4.79 Å². The van der Waals surface area contributed by atoms with Gasteiger partial charge in [-0.2, -0.15) is 0 Å². The lowest BCUT2D eigenvalue weighted by molar-refractivity contribution is -0.115. The van der Waals surface area contributed by atoms with E-state index in [0.29, 0.717) is 5.75 Å². The molecule has 0 aromatic heterocycles. The minimum Gasteiger partial charge on any atom is -0.295 e. The van der Waals surface area contributed by atoms with E-state index >= 15 is 0 Å². The van der Waals surface area contributed by atoms with E-state index in [2.05, 4.69) is 44.0 Å². The number of halogens is 2. The first-order valence-corrected chi connectivity index (χ1v) is 8.73. The Morgan fingerprint density at radius 2 is 1.80 bits per heavy atom. The molecule has 1 aliphatic heterocycles. The van der Waals surface area contributed by atoms with Crippen LogP contribution in [0.25, 0.3) is 0 Å². The summed E-state index contributed by atoms with van der Waals surface area (Å²) in [7, 11) is 0. The predicted octanol–water partition coefficient (Wildman–Crippen LogP) is 4.99. The average molecular weight is 413 g/mol. The van der Waals surface area contributed by atoms with Crippen molar-refractivity contribution in [1.82, 2.24) is 0 Å². The first-order valence-electron chi connectivity index (χ1n) is 6.10. The standard InChI is InChI=1S/C15H11Br2NOS/c16-11-4-6-13(7-5-11)18-14(19)9-20-15(18)10-2-1-3-12(17)8-10/h1-8,15H,9H2/t15-/m1/s1. The molecule has 2 aromatic carbocycles. The number of amides is 1. The normalized spacial score (nSPS) is 18.6. The molecule has 1 fully saturated rings. The number of carbonyl (C=O) groups excluding carboxylic acids is 1. The van der Waals surface area contributed by atoms with Gasteiger partial charge in [-0.3, -0.25) is 9.69 Å². The molecule has 5 heteroatoms. The van der Waals surface area contributed by atoms with Crippen molar-refractivity contribution >= 4 is 55.2 Å². The summed E-state index contributed by atoms with van der Waals surface area (Å²) in [6.07, 6.45) is 0. The molecule has 20 heavy (non-hydrogen) atoms. The third kappa shape index (κ3) is 2.80. The first-order chi connectivity index (χ1) is 9.65. The molecule has 102 valence electrons. The van der Waals surface area contributed by atoms with Gasteiger partial charge in [0.1, 0.15) is 5.37 Å². The number of hydrogen-bond donors (Lipinski definition) is 0. The SMILES string of the molecule is O=C1CS[C@H](c2cccc(Br)c2)N1c1ccc(Br)cc1. The van der Waals surface area contributed by atoms with Crippen LogP contribution in [0.15, 0.2) is 57.5 Å². The number of nitrogens with zero attached hydrogens (tertiary/aromatic N) is 1. The Hall–Kier alpha value is -0.780. The molecule has 0 spiro atoms. The molecule has 0 bridgehead atoms. The van der Waals surface area contributed by atoms with Crippen molar-refractivity contribution in [2.45, 2.75) is 5.37 Å². The topological polar surface area (TPSA) is 20.3 Å². The lowest BCUT2D eigenvalue weighted by Gasteiger charge is -2.24. The molecule has 1 saturated heterocycles. The molecule has 0 aliphatic carbocycles. The van der Waals surface area contributed by atoms with Crippen LogP contribution in [0.2, 0.25) is 0 Å². The number of rotatable bonds is 2. The average Bonchev–Trinajstić information content (AvgIpc) is 2.82. The van der Waals surface area contributed by atoms with Gasteiger partial charge < -0.3 is 0 Å². The van der Waals surface area contributed by atoms with Gasteiger partial charge in [0.15, 0.2) is 0 Å². The van der Waals surface area contributed by atoms with Gasteiger partial charge >= 0.3 is 0 Å². The van der Waals surface area contributed by atoms with E-state index < -0.39 is 0 Å². The van der Waals surface area contributed by atoms with Gasteiger partial charge in [-0.15, -0.1) is 11.8 Å². The van der Waals surface area contributed by atoms with Crippen molar-refractivity contribution in [2.75, 3.05) is 10.7 Å². The van der Waals surface area contributed by atoms with Crippen molar-refractivity contribution in [3.63, 3.8) is 0 Å². The largest absolute Gasteiger partial charge is 0.295 e. The molecule has 0 N–H and O–H groups in total. The third-order valence-electron chi connectivity index (χ3n) is 3.11. The first kappa shape index (κ1) is 14.2. The molecule has 0 radical (unpaired) electrons. The number of hydrogen-bond acceptors (Lipinski definition) is 2. The number of thioether (sulfide) groups is 1. The number of anilines is 1. The van der Waals surface area contributed by atoms with Crippen LogP contribution in [0.4, 0.5) is 5.69 Å². The Kier molecular flexibility index (Phi) is 4.19. The molecule has 3 rings (SSSR count). The molecule has 1 heterocycles. The van der Waals surface area contributed by atoms with Crippen LogP contribution in [0, 0.1) is 0 Å². The molecule has 1 aliphatic rings. The van der Waals surface area contributed by atoms with E-state index in [9.17, 15) is 4.79 Å². The quantitative estimate of drug-likeness (QED) is 0.692. The maximum Gasteiger partial charge on any atom is 0.238 e. The summed E-state index contributed by atoms with van der Waals surface area (Å²) in [5.74, 6) is 0.676. The van der Waals surface area contributed by atoms with E-state index in [1.165, 1.54) is 0 Å². The maximum absolute atomic E-state index is 12.2. The Bertz CT molecular complexity index is 645. The van der Waals surface area contributed by atoms with Gasteiger partial charge in [-0.25, -0.2) is 0 Å². The van der Waals surface area contributed by atoms with Crippen LogP contribution in [-0.4, -0.2) is 11.7 Å². The zero-order chi connectivity index (χ0) is 14.1. The fourth-order valence-electron chi connectivity index (χ4n) is 2.21. The zero-order valence-corrected chi connectivity index (χ0v) is 14.4. The van der Waals surface area contributed by atoms with Gasteiger partial charge in [0.05, 0.1) is 5.75 Å². The van der Waals surface area contributed by atoms with Crippen molar-refractivity contribution in [1.29, 1.82) is 0 Å². The smallest absolute Gasteiger partial charge is 0.238 e. The van der Waals surface area contributed by atoms with Crippen LogP contribution < -0.4 is 4.90 Å². The minimum atomic E-state index is 0.0428. The molecule has 0 saturated carbocycles. The van der Waals surface area contributed by atoms with E-state index in [1.807, 2.05) is 41.3 Å². The maximum atomic E-state index is 12.2. The highest BCUT2D eigenvalue weighted by Crippen LogP contribution is 2.42. The summed E-state index contributed by atoms with van der Waals surface area (Å²) in [6, 6.07) is 16.0. The summed E-state index contributed by atoms with van der Waals surface area (Å²) >= 11 is 8.58. The van der Waals surface area contributed by atoms with E-state index in [1.54, 1.807) is 11.8 Å². The molecular formula is C15H11Br2NOS. The highest BCUT2D eigenvalue weighted by atomic mass is 79.9. The van der Waals surface area contributed by atoms with E-state index in [4.69, 9.17) is 0 Å². The number of benzene rings is 2. The van der Waals surface area contributed by atoms with Crippen LogP contribution in [0.3, 0.4) is 0 Å². The summed E-state index contributed by atoms with van der Waals surface area (Å²) in [5.41, 5.74) is 2.08. The summed E-state index contributed by atoms with van der Waals surface area (Å²) < 4.78 is 2.05. The fourth-order valence-corrected chi connectivity index (χ4v) is 4.06. The molecule has 2 aromatic rings. The van der Waals surface area contributed by atoms with Crippen molar-refractivity contribution < 1.29 is 4.79 Å². The van der Waals surface area contributed by atoms with Crippen molar-refractivity contribution in [2.24, 2.45) is 0 Å². The van der Waals surface area contributed by atoms with Crippen LogP contribution >= 0.6 is 43.6 Å². The predicted molar refractivity (Wildman–Crippen MR) is 91.0 cm³/mol. The second-order valence-electron chi connectivity index (χ2n) is 4.46. The zero-order valence-electron chi connectivity index (χ0n) is 10.4. The fraction of sp³-hybridized carbons (Fsp3) is 0.133. The van der Waals surface area contributed by atoms with Gasteiger partial charge in [-0.05, 0) is 42.0 Å². The Morgan fingerprint density at radius 1 is 1.05 bits per heavy atom. The molecule has 1 atom stereocenters. The molecule has 0 unspecified atom stereocenters. The second kappa shape index (κ2) is 5.92. The third-order valence-corrected chi connectivity index (χ3v) is 5.34. The van der Waals surface area contributed by atoms with Gasteiger partial charge in [-0.1, -0.05) is 44.0 Å². The summed E-state index contributed by atoms with van der Waals surface area (Å²) in [5, 5.41) is 0.0428. The molecule has 2 nitrogen and oxygen atoms in total. The van der Waals surface area contributed by atoms with Crippen LogP contribution in [0.1, 0.15) is 10.9 Å². The monoisotopic (exact) mass is 411 g/mol. The minimum absolute atomic E-state index is 0.0428. The van der Waals surface area contributed by atoms with E-state index in [-0.39, 0.29) is 11.3 Å². The van der Waals surface area contributed by atoms with Gasteiger partial charge in [0.2, 0.25) is 5.91 Å². The highest BCUT2D eigenvalue weighted by Gasteiger charge is 2.33. The lowest BCUT2D eigenvalue weighted by Crippen LogP contribution is -2.27. The molecule has 1 amide bonds. The van der Waals surface area contributed by atoms with Crippen molar-refractivity contribution in [3.05, 3.63) is 63.0 Å². The Morgan fingerprint density at radius 3 is 2.50 bits per heavy atom. The van der Waals surface area contributed by atoms with Crippen LogP contribution in [0.5, 0.6) is 0 Å². The summed E-state index contributed by atoms with van der Waals surface area (Å²) in [6.45, 7) is 0. The van der Waals surface area contributed by atoms with Crippen molar-refractivity contribution in [3.8, 4) is 0 Å². The Balaban J connectivity index is 1.98. The van der Waals surface area contributed by atoms with Gasteiger partial charge in [0.25, 0.3) is 0 Å². The molecular weight excluding hydrogens is 402 g/mol. The summed E-state index contributed by atoms with van der Waals surface area (Å²) in [4.78, 5) is 14.1. The van der Waals surface area contributed by atoms with E-state index in [0.717, 1.165) is 20.2 Å². The highest BCUT2D eigenvalue weighted by molar-refractivity contribution is 9.10. The van der Waals surface area contributed by atoms with Gasteiger partial charge in [0, 0.05) is 14.6 Å².